The number of aryl methyl sites for hydroxylation is 1. The summed E-state index contributed by atoms with van der Waals surface area (Å²) < 4.78 is 0. The van der Waals surface area contributed by atoms with Crippen LogP contribution in [0.1, 0.15) is 38.3 Å². The Morgan fingerprint density at radius 3 is 2.47 bits per heavy atom. The van der Waals surface area contributed by atoms with Gasteiger partial charge in [-0.15, -0.1) is 17.9 Å². The van der Waals surface area contributed by atoms with Crippen LogP contribution in [0.15, 0.2) is 18.2 Å². The summed E-state index contributed by atoms with van der Waals surface area (Å²) in [4.78, 5) is 13.1. The average molecular weight is 333 g/mol. The van der Waals surface area contributed by atoms with Gasteiger partial charge in [0.2, 0.25) is 5.91 Å². The molecule has 2 nitrogen and oxygen atoms in total. The van der Waals surface area contributed by atoms with Crippen LogP contribution in [0.5, 0.6) is 0 Å². The van der Waals surface area contributed by atoms with E-state index in [-0.39, 0.29) is 38.6 Å². The van der Waals surface area contributed by atoms with Crippen LogP contribution in [-0.2, 0) is 44.0 Å². The number of nitrogens with zero attached hydrogens (tertiary/aromatic N) is 1. The first kappa shape index (κ1) is 20.7. The van der Waals surface area contributed by atoms with Gasteiger partial charge in [-0.2, -0.15) is 29.8 Å². The molecule has 0 atom stereocenters. The largest absolute Gasteiger partial charge is 0.349 e. The molecule has 1 aromatic rings. The van der Waals surface area contributed by atoms with E-state index in [1.807, 2.05) is 39.0 Å². The molecule has 0 aliphatic carbocycles. The summed E-state index contributed by atoms with van der Waals surface area (Å²) >= 11 is 0. The molecule has 1 amide bonds. The molecule has 0 aromatic heterocycles. The van der Waals surface area contributed by atoms with Gasteiger partial charge in [-0.3, -0.25) is 4.79 Å². The van der Waals surface area contributed by atoms with Gasteiger partial charge in [0.25, 0.3) is 0 Å². The first-order valence-electron chi connectivity index (χ1n) is 6.29. The third-order valence-corrected chi connectivity index (χ3v) is 2.38. The number of carbonyl (C=O) groups is 1. The number of amides is 1. The van der Waals surface area contributed by atoms with Crippen molar-refractivity contribution >= 4 is 5.91 Å². The second-order valence-corrected chi connectivity index (χ2v) is 3.77. The maximum atomic E-state index is 11.4. The van der Waals surface area contributed by atoms with E-state index < -0.39 is 0 Å². The van der Waals surface area contributed by atoms with E-state index in [1.54, 1.807) is 11.8 Å². The average Bonchev–Trinajstić information content (AvgIpc) is 2.39. The predicted octanol–water partition coefficient (Wildman–Crippen LogP) is 3.19. The fourth-order valence-corrected chi connectivity index (χ4v) is 1.40. The third-order valence-electron chi connectivity index (χ3n) is 2.38. The van der Waals surface area contributed by atoms with Gasteiger partial charge < -0.3 is 4.90 Å². The SMILES string of the molecule is C#CCCN(Cc1c[c-]c(C)cc1)C(C)=O.CC.[Y]. The van der Waals surface area contributed by atoms with Gasteiger partial charge in [0.05, 0.1) is 0 Å². The summed E-state index contributed by atoms with van der Waals surface area (Å²) in [6.07, 6.45) is 5.79. The first-order chi connectivity index (χ1) is 8.63. The van der Waals surface area contributed by atoms with Gasteiger partial charge in [-0.05, 0) is 0 Å². The van der Waals surface area contributed by atoms with Crippen molar-refractivity contribution in [3.63, 3.8) is 0 Å². The normalized spacial score (nSPS) is 8.37. The van der Waals surface area contributed by atoms with Gasteiger partial charge in [-0.1, -0.05) is 20.8 Å². The van der Waals surface area contributed by atoms with Crippen molar-refractivity contribution in [1.29, 1.82) is 0 Å². The number of hydrogen-bond donors (Lipinski definition) is 0. The minimum absolute atomic E-state index is 0. The second-order valence-electron chi connectivity index (χ2n) is 3.77. The van der Waals surface area contributed by atoms with Crippen molar-refractivity contribution in [3.8, 4) is 12.3 Å². The zero-order chi connectivity index (χ0) is 14.0. The summed E-state index contributed by atoms with van der Waals surface area (Å²) in [7, 11) is 0. The number of benzene rings is 1. The molecule has 0 bridgehead atoms. The van der Waals surface area contributed by atoms with Gasteiger partial charge >= 0.3 is 0 Å². The Morgan fingerprint density at radius 2 is 2.05 bits per heavy atom. The molecule has 101 valence electrons. The second kappa shape index (κ2) is 12.4. The van der Waals surface area contributed by atoms with Crippen molar-refractivity contribution < 1.29 is 37.5 Å². The van der Waals surface area contributed by atoms with Crippen LogP contribution in [0.25, 0.3) is 0 Å². The Morgan fingerprint density at radius 1 is 1.42 bits per heavy atom. The van der Waals surface area contributed by atoms with Gasteiger partial charge in [0, 0.05) is 59.1 Å². The van der Waals surface area contributed by atoms with E-state index >= 15 is 0 Å². The van der Waals surface area contributed by atoms with Gasteiger partial charge in [0.15, 0.2) is 0 Å². The Kier molecular flexibility index (Phi) is 13.5. The van der Waals surface area contributed by atoms with Crippen molar-refractivity contribution in [2.24, 2.45) is 0 Å². The summed E-state index contributed by atoms with van der Waals surface area (Å²) in [6, 6.07) is 9.05. The monoisotopic (exact) mass is 333 g/mol. The minimum atomic E-state index is 0. The van der Waals surface area contributed by atoms with E-state index in [0.717, 1.165) is 11.1 Å². The molecular formula is C16H22NOY-. The molecule has 0 aliphatic rings. The summed E-state index contributed by atoms with van der Waals surface area (Å²) in [5, 5.41) is 0. The zero-order valence-electron chi connectivity index (χ0n) is 12.4. The predicted molar refractivity (Wildman–Crippen MR) is 75.9 cm³/mol. The van der Waals surface area contributed by atoms with Crippen LogP contribution in [-0.4, -0.2) is 17.4 Å². The molecule has 0 unspecified atom stereocenters. The van der Waals surface area contributed by atoms with Crippen molar-refractivity contribution in [2.45, 2.75) is 40.7 Å². The van der Waals surface area contributed by atoms with Crippen molar-refractivity contribution in [3.05, 3.63) is 35.4 Å². The quantitative estimate of drug-likeness (QED) is 0.612. The van der Waals surface area contributed by atoms with E-state index in [1.165, 1.54) is 0 Å². The molecule has 0 heterocycles. The summed E-state index contributed by atoms with van der Waals surface area (Å²) in [6.45, 7) is 8.77. The summed E-state index contributed by atoms with van der Waals surface area (Å²) in [5.41, 5.74) is 2.18. The zero-order valence-corrected chi connectivity index (χ0v) is 15.2. The van der Waals surface area contributed by atoms with E-state index in [9.17, 15) is 4.79 Å². The smallest absolute Gasteiger partial charge is 0.218 e. The van der Waals surface area contributed by atoms with Gasteiger partial charge in [0.1, 0.15) is 0 Å². The maximum Gasteiger partial charge on any atom is 0.218 e. The third kappa shape index (κ3) is 8.97. The maximum absolute atomic E-state index is 11.4. The topological polar surface area (TPSA) is 20.3 Å². The standard InChI is InChI=1S/C14H16NO.C2H6.Y/c1-4-5-10-15(13(3)16)11-14-8-6-12(2)7-9-14;1-2;/h1,6,8-9H,5,10-11H2,2-3H3;1-2H3;/q-1;;. The van der Waals surface area contributed by atoms with Crippen LogP contribution in [0.2, 0.25) is 0 Å². The number of carbonyl (C=O) groups excluding carboxylic acids is 1. The summed E-state index contributed by atoms with van der Waals surface area (Å²) in [5.74, 6) is 2.60. The molecule has 0 saturated carbocycles. The molecule has 3 heteroatoms. The molecule has 0 fully saturated rings. The Labute approximate surface area is 142 Å². The van der Waals surface area contributed by atoms with Crippen LogP contribution in [0.3, 0.4) is 0 Å². The molecule has 0 N–H and O–H groups in total. The van der Waals surface area contributed by atoms with Crippen LogP contribution in [0.4, 0.5) is 0 Å². The molecule has 0 spiro atoms. The molecule has 0 aliphatic heterocycles. The Bertz CT molecular complexity index is 392. The fourth-order valence-electron chi connectivity index (χ4n) is 1.40. The number of rotatable bonds is 4. The number of terminal acetylenes is 1. The Hall–Kier alpha value is -0.646. The molecular weight excluding hydrogens is 311 g/mol. The van der Waals surface area contributed by atoms with Crippen molar-refractivity contribution in [2.75, 3.05) is 6.54 Å². The van der Waals surface area contributed by atoms with E-state index in [4.69, 9.17) is 6.42 Å². The van der Waals surface area contributed by atoms with E-state index in [2.05, 4.69) is 12.0 Å². The van der Waals surface area contributed by atoms with Crippen molar-refractivity contribution in [1.82, 2.24) is 4.90 Å². The van der Waals surface area contributed by atoms with Gasteiger partial charge in [-0.25, -0.2) is 0 Å². The molecule has 1 rings (SSSR count). The van der Waals surface area contributed by atoms with Crippen LogP contribution < -0.4 is 0 Å². The Balaban J connectivity index is 0. The molecule has 1 radical (unpaired) electrons. The number of hydrogen-bond acceptors (Lipinski definition) is 1. The molecule has 0 saturated heterocycles. The first-order valence-corrected chi connectivity index (χ1v) is 6.29. The fraction of sp³-hybridized carbons (Fsp3) is 0.438. The van der Waals surface area contributed by atoms with Crippen LogP contribution in [0, 0.1) is 25.3 Å². The molecule has 19 heavy (non-hydrogen) atoms. The van der Waals surface area contributed by atoms with E-state index in [0.29, 0.717) is 19.5 Å². The van der Waals surface area contributed by atoms with Crippen LogP contribution >= 0.6 is 0 Å². The molecule has 1 aromatic carbocycles. The minimum Gasteiger partial charge on any atom is -0.349 e.